The van der Waals surface area contributed by atoms with Crippen LogP contribution in [-0.4, -0.2) is 57.7 Å². The molecule has 4 rings (SSSR count). The number of carboxylic acid groups (broad SMARTS) is 1. The zero-order chi connectivity index (χ0) is 20.5. The van der Waals surface area contributed by atoms with Crippen LogP contribution >= 0.6 is 0 Å². The lowest BCUT2D eigenvalue weighted by atomic mass is 9.78. The molecule has 1 unspecified atom stereocenters. The molecule has 2 aliphatic heterocycles. The fraction of sp³-hybridized carbons (Fsp3) is 0.545. The quantitative estimate of drug-likeness (QED) is 0.787. The van der Waals surface area contributed by atoms with Gasteiger partial charge in [-0.3, -0.25) is 24.1 Å². The Morgan fingerprint density at radius 1 is 0.897 bits per heavy atom. The SMILES string of the molecule is O=C(O)[C@H]1CCCC[C@H]1C(=O)N1CCCCC1CN1C(=O)c2ccccc2C1=O. The Morgan fingerprint density at radius 3 is 2.10 bits per heavy atom. The van der Waals surface area contributed by atoms with Crippen LogP contribution in [0.15, 0.2) is 24.3 Å². The first-order chi connectivity index (χ1) is 14.0. The lowest BCUT2D eigenvalue weighted by Crippen LogP contribution is -2.53. The molecule has 0 bridgehead atoms. The molecule has 3 aliphatic rings. The molecule has 0 spiro atoms. The minimum Gasteiger partial charge on any atom is -0.481 e. The molecule has 1 N–H and O–H groups in total. The summed E-state index contributed by atoms with van der Waals surface area (Å²) in [5.41, 5.74) is 0.814. The number of hydrogen-bond acceptors (Lipinski definition) is 4. The number of piperidine rings is 1. The van der Waals surface area contributed by atoms with Gasteiger partial charge in [-0.2, -0.15) is 0 Å². The van der Waals surface area contributed by atoms with Gasteiger partial charge in [0, 0.05) is 19.1 Å². The van der Waals surface area contributed by atoms with Crippen LogP contribution in [0.25, 0.3) is 0 Å². The zero-order valence-corrected chi connectivity index (χ0v) is 16.4. The van der Waals surface area contributed by atoms with Gasteiger partial charge in [-0.25, -0.2) is 0 Å². The van der Waals surface area contributed by atoms with Crippen LogP contribution in [0.2, 0.25) is 0 Å². The largest absolute Gasteiger partial charge is 0.481 e. The number of fused-ring (bicyclic) bond motifs is 1. The van der Waals surface area contributed by atoms with Gasteiger partial charge in [-0.15, -0.1) is 0 Å². The molecule has 0 radical (unpaired) electrons. The minimum atomic E-state index is -0.906. The highest BCUT2D eigenvalue weighted by Gasteiger charge is 2.42. The summed E-state index contributed by atoms with van der Waals surface area (Å²) in [4.78, 5) is 53.4. The molecule has 7 heteroatoms. The number of carboxylic acids is 1. The number of hydrogen-bond donors (Lipinski definition) is 1. The first-order valence-electron chi connectivity index (χ1n) is 10.5. The molecular weight excluding hydrogens is 372 g/mol. The van der Waals surface area contributed by atoms with Crippen LogP contribution in [0, 0.1) is 11.8 Å². The molecule has 2 heterocycles. The predicted molar refractivity (Wildman–Crippen MR) is 104 cm³/mol. The Bertz CT molecular complexity index is 816. The van der Waals surface area contributed by atoms with Gasteiger partial charge < -0.3 is 10.0 Å². The summed E-state index contributed by atoms with van der Waals surface area (Å²) in [5.74, 6) is -2.81. The van der Waals surface area contributed by atoms with Gasteiger partial charge in [0.2, 0.25) is 5.91 Å². The number of aliphatic carboxylic acids is 1. The number of benzene rings is 1. The summed E-state index contributed by atoms with van der Waals surface area (Å²) in [6.45, 7) is 0.720. The summed E-state index contributed by atoms with van der Waals surface area (Å²) < 4.78 is 0. The van der Waals surface area contributed by atoms with E-state index in [1.54, 1.807) is 29.2 Å². The monoisotopic (exact) mass is 398 g/mol. The van der Waals surface area contributed by atoms with E-state index in [9.17, 15) is 24.3 Å². The molecule has 1 aromatic rings. The average molecular weight is 398 g/mol. The van der Waals surface area contributed by atoms with Gasteiger partial charge >= 0.3 is 5.97 Å². The van der Waals surface area contributed by atoms with E-state index in [1.165, 1.54) is 4.90 Å². The van der Waals surface area contributed by atoms with Crippen LogP contribution < -0.4 is 0 Å². The van der Waals surface area contributed by atoms with Crippen molar-refractivity contribution in [1.29, 1.82) is 0 Å². The topological polar surface area (TPSA) is 95.0 Å². The van der Waals surface area contributed by atoms with Crippen LogP contribution in [0.3, 0.4) is 0 Å². The molecule has 2 fully saturated rings. The van der Waals surface area contributed by atoms with E-state index < -0.39 is 17.8 Å². The molecule has 1 saturated heterocycles. The maximum absolute atomic E-state index is 13.3. The van der Waals surface area contributed by atoms with Gasteiger partial charge in [-0.05, 0) is 44.2 Å². The van der Waals surface area contributed by atoms with Gasteiger partial charge in [0.25, 0.3) is 11.8 Å². The summed E-state index contributed by atoms with van der Waals surface area (Å²) in [6.07, 6.45) is 5.30. The maximum Gasteiger partial charge on any atom is 0.307 e. The Morgan fingerprint density at radius 2 is 1.48 bits per heavy atom. The number of amides is 3. The Labute approximate surface area is 169 Å². The van der Waals surface area contributed by atoms with Gasteiger partial charge in [0.15, 0.2) is 0 Å². The van der Waals surface area contributed by atoms with Crippen molar-refractivity contribution in [2.75, 3.05) is 13.1 Å². The highest BCUT2D eigenvalue weighted by Crippen LogP contribution is 2.34. The Hall–Kier alpha value is -2.70. The van der Waals surface area contributed by atoms with Crippen LogP contribution in [0.5, 0.6) is 0 Å². The van der Waals surface area contributed by atoms with Crippen LogP contribution in [-0.2, 0) is 9.59 Å². The molecule has 1 aliphatic carbocycles. The van der Waals surface area contributed by atoms with E-state index in [-0.39, 0.29) is 30.3 Å². The molecule has 3 atom stereocenters. The second-order valence-electron chi connectivity index (χ2n) is 8.28. The zero-order valence-electron chi connectivity index (χ0n) is 16.4. The molecule has 154 valence electrons. The van der Waals surface area contributed by atoms with E-state index in [0.29, 0.717) is 36.9 Å². The number of likely N-dealkylation sites (tertiary alicyclic amines) is 1. The van der Waals surface area contributed by atoms with E-state index >= 15 is 0 Å². The van der Waals surface area contributed by atoms with E-state index in [2.05, 4.69) is 0 Å². The lowest BCUT2D eigenvalue weighted by Gasteiger charge is -2.41. The van der Waals surface area contributed by atoms with E-state index in [0.717, 1.165) is 25.7 Å². The molecule has 0 aromatic heterocycles. The lowest BCUT2D eigenvalue weighted by molar-refractivity contribution is -0.154. The van der Waals surface area contributed by atoms with Crippen LogP contribution in [0.1, 0.15) is 65.7 Å². The highest BCUT2D eigenvalue weighted by atomic mass is 16.4. The second-order valence-corrected chi connectivity index (χ2v) is 8.28. The molecule has 3 amide bonds. The average Bonchev–Trinajstić information content (AvgIpc) is 2.99. The highest BCUT2D eigenvalue weighted by molar-refractivity contribution is 6.21. The Balaban J connectivity index is 1.52. The first-order valence-corrected chi connectivity index (χ1v) is 10.5. The van der Waals surface area contributed by atoms with Crippen molar-refractivity contribution in [3.63, 3.8) is 0 Å². The van der Waals surface area contributed by atoms with Crippen molar-refractivity contribution in [2.45, 2.75) is 51.0 Å². The number of rotatable bonds is 4. The van der Waals surface area contributed by atoms with Crippen molar-refractivity contribution >= 4 is 23.7 Å². The third kappa shape index (κ3) is 3.54. The van der Waals surface area contributed by atoms with E-state index in [4.69, 9.17) is 0 Å². The summed E-state index contributed by atoms with van der Waals surface area (Å²) >= 11 is 0. The van der Waals surface area contributed by atoms with Crippen molar-refractivity contribution in [3.8, 4) is 0 Å². The summed E-state index contributed by atoms with van der Waals surface area (Å²) in [5, 5.41) is 9.55. The number of imide groups is 1. The second kappa shape index (κ2) is 7.97. The van der Waals surface area contributed by atoms with Crippen molar-refractivity contribution in [1.82, 2.24) is 9.80 Å². The van der Waals surface area contributed by atoms with Crippen molar-refractivity contribution in [3.05, 3.63) is 35.4 Å². The molecule has 7 nitrogen and oxygen atoms in total. The third-order valence-corrected chi connectivity index (χ3v) is 6.58. The fourth-order valence-corrected chi connectivity index (χ4v) is 5.03. The van der Waals surface area contributed by atoms with Crippen molar-refractivity contribution in [2.24, 2.45) is 11.8 Å². The number of carbonyl (C=O) groups is 4. The van der Waals surface area contributed by atoms with Crippen molar-refractivity contribution < 1.29 is 24.3 Å². The van der Waals surface area contributed by atoms with E-state index in [1.807, 2.05) is 0 Å². The normalized spacial score (nSPS) is 27.1. The summed E-state index contributed by atoms with van der Waals surface area (Å²) in [6, 6.07) is 6.52. The number of carbonyl (C=O) groups excluding carboxylic acids is 3. The summed E-state index contributed by atoms with van der Waals surface area (Å²) in [7, 11) is 0. The third-order valence-electron chi connectivity index (χ3n) is 6.58. The Kier molecular flexibility index (Phi) is 5.39. The predicted octanol–water partition coefficient (Wildman–Crippen LogP) is 2.55. The fourth-order valence-electron chi connectivity index (χ4n) is 5.03. The molecule has 29 heavy (non-hydrogen) atoms. The molecule has 1 saturated carbocycles. The van der Waals surface area contributed by atoms with Gasteiger partial charge in [-0.1, -0.05) is 25.0 Å². The smallest absolute Gasteiger partial charge is 0.307 e. The van der Waals surface area contributed by atoms with Gasteiger partial charge in [0.05, 0.1) is 23.0 Å². The van der Waals surface area contributed by atoms with Crippen LogP contribution in [0.4, 0.5) is 0 Å². The number of nitrogens with zero attached hydrogens (tertiary/aromatic N) is 2. The standard InChI is InChI=1S/C22H26N2O5/c25-19(17-10-3-4-11-18(17)22(28)29)23-12-6-5-7-14(23)13-24-20(26)15-8-1-2-9-16(15)21(24)27/h1-2,8-9,14,17-18H,3-7,10-13H2,(H,28,29)/t14?,17-,18+/m1/s1. The molecular formula is C22H26N2O5. The van der Waals surface area contributed by atoms with Gasteiger partial charge in [0.1, 0.15) is 0 Å². The minimum absolute atomic E-state index is 0.126. The molecule has 1 aromatic carbocycles. The maximum atomic E-state index is 13.3. The first kappa shape index (κ1) is 19.6.